The van der Waals surface area contributed by atoms with E-state index in [1.165, 1.54) is 38.5 Å². The predicted molar refractivity (Wildman–Crippen MR) is 135 cm³/mol. The standard InChI is InChI=1S/C28H52O3Si/c1-18(31-32(7,8)26(3,4)5)24-11-12-25-23-10-9-20-17-28(30,19(2)29)16-14-21(20)22(23)13-15-27(24,25)6/h18-25,29-30H,9-17H2,1-8H3/t18?,19?,20-,21+,22-,23-,24-,25+,27-,28-/m1/s1. The molecule has 0 aromatic rings. The molecule has 0 radical (unpaired) electrons. The molecule has 4 heteroatoms. The van der Waals surface area contributed by atoms with Crippen molar-refractivity contribution in [2.75, 3.05) is 0 Å². The Balaban J connectivity index is 1.47. The maximum absolute atomic E-state index is 11.0. The van der Waals surface area contributed by atoms with Crippen LogP contribution in [-0.2, 0) is 4.43 Å². The van der Waals surface area contributed by atoms with Crippen LogP contribution in [0.25, 0.3) is 0 Å². The van der Waals surface area contributed by atoms with Crippen LogP contribution in [0, 0.1) is 40.9 Å². The highest BCUT2D eigenvalue weighted by molar-refractivity contribution is 6.74. The summed E-state index contributed by atoms with van der Waals surface area (Å²) in [6, 6.07) is 0. The highest BCUT2D eigenvalue weighted by Gasteiger charge is 2.59. The molecule has 3 nitrogen and oxygen atoms in total. The zero-order valence-corrected chi connectivity index (χ0v) is 23.3. The first-order chi connectivity index (χ1) is 14.7. The number of aliphatic hydroxyl groups is 2. The first-order valence-corrected chi connectivity index (χ1v) is 16.7. The molecule has 4 fully saturated rings. The maximum Gasteiger partial charge on any atom is 0.192 e. The van der Waals surface area contributed by atoms with Gasteiger partial charge in [-0.3, -0.25) is 0 Å². The predicted octanol–water partition coefficient (Wildman–Crippen LogP) is 6.78. The number of rotatable bonds is 4. The van der Waals surface area contributed by atoms with Crippen LogP contribution in [0.5, 0.6) is 0 Å². The van der Waals surface area contributed by atoms with E-state index in [0.717, 1.165) is 42.9 Å². The average molecular weight is 465 g/mol. The quantitative estimate of drug-likeness (QED) is 0.451. The zero-order valence-electron chi connectivity index (χ0n) is 22.3. The van der Waals surface area contributed by atoms with Crippen molar-refractivity contribution in [1.29, 1.82) is 0 Å². The van der Waals surface area contributed by atoms with Crippen molar-refractivity contribution >= 4 is 8.32 Å². The van der Waals surface area contributed by atoms with Gasteiger partial charge in [0.2, 0.25) is 0 Å². The van der Waals surface area contributed by atoms with E-state index < -0.39 is 20.0 Å². The zero-order chi connectivity index (χ0) is 23.7. The summed E-state index contributed by atoms with van der Waals surface area (Å²) in [6.07, 6.45) is 10.6. The van der Waals surface area contributed by atoms with Crippen molar-refractivity contribution in [1.82, 2.24) is 0 Å². The molecular formula is C28H52O3Si. The molecule has 4 aliphatic rings. The highest BCUT2D eigenvalue weighted by atomic mass is 28.4. The van der Waals surface area contributed by atoms with Crippen LogP contribution in [0.4, 0.5) is 0 Å². The molecule has 2 unspecified atom stereocenters. The van der Waals surface area contributed by atoms with Crippen LogP contribution in [-0.4, -0.2) is 36.3 Å². The number of hydrogen-bond acceptors (Lipinski definition) is 3. The molecule has 0 aromatic heterocycles. The van der Waals surface area contributed by atoms with Gasteiger partial charge in [0.25, 0.3) is 0 Å². The molecule has 0 aliphatic heterocycles. The summed E-state index contributed by atoms with van der Waals surface area (Å²) >= 11 is 0. The summed E-state index contributed by atoms with van der Waals surface area (Å²) in [5.41, 5.74) is -0.406. The smallest absolute Gasteiger partial charge is 0.192 e. The lowest BCUT2D eigenvalue weighted by Gasteiger charge is -2.58. The van der Waals surface area contributed by atoms with Crippen molar-refractivity contribution in [3.05, 3.63) is 0 Å². The SMILES string of the molecule is CC(O[Si](C)(C)C(C)(C)C)[C@H]1CC[C@H]2[C@@H]3CC[C@@H]4C[C@@](O)(C(C)O)CC[C@@H]4[C@H]3CC[C@]12C. The third kappa shape index (κ3) is 4.07. The van der Waals surface area contributed by atoms with Crippen molar-refractivity contribution in [3.8, 4) is 0 Å². The summed E-state index contributed by atoms with van der Waals surface area (Å²) in [6.45, 7) is 18.7. The lowest BCUT2D eigenvalue weighted by molar-refractivity contribution is -0.144. The topological polar surface area (TPSA) is 49.7 Å². The molecule has 0 amide bonds. The van der Waals surface area contributed by atoms with Gasteiger partial charge in [-0.05, 0) is 131 Å². The Labute approximate surface area is 199 Å². The van der Waals surface area contributed by atoms with Gasteiger partial charge in [0.05, 0.1) is 11.7 Å². The van der Waals surface area contributed by atoms with E-state index in [9.17, 15) is 10.2 Å². The lowest BCUT2D eigenvalue weighted by atomic mass is 9.48. The van der Waals surface area contributed by atoms with Gasteiger partial charge in [-0.2, -0.15) is 0 Å². The van der Waals surface area contributed by atoms with Gasteiger partial charge in [0.1, 0.15) is 0 Å². The second-order valence-corrected chi connectivity index (χ2v) is 19.0. The number of fused-ring (bicyclic) bond motifs is 5. The Morgan fingerprint density at radius 1 is 0.906 bits per heavy atom. The fraction of sp³-hybridized carbons (Fsp3) is 1.00. The van der Waals surface area contributed by atoms with Crippen molar-refractivity contribution < 1.29 is 14.6 Å². The summed E-state index contributed by atoms with van der Waals surface area (Å²) in [5.74, 6) is 4.67. The molecule has 0 saturated heterocycles. The van der Waals surface area contributed by atoms with E-state index in [2.05, 4.69) is 47.7 Å². The second-order valence-electron chi connectivity index (χ2n) is 14.3. The summed E-state index contributed by atoms with van der Waals surface area (Å²) < 4.78 is 6.96. The van der Waals surface area contributed by atoms with Crippen LogP contribution in [0.3, 0.4) is 0 Å². The van der Waals surface area contributed by atoms with Gasteiger partial charge in [-0.15, -0.1) is 0 Å². The lowest BCUT2D eigenvalue weighted by Crippen LogP contribution is -2.54. The largest absolute Gasteiger partial charge is 0.414 e. The Kier molecular flexibility index (Phi) is 6.57. The van der Waals surface area contributed by atoms with Gasteiger partial charge in [-0.25, -0.2) is 0 Å². The molecule has 0 bridgehead atoms. The van der Waals surface area contributed by atoms with E-state index in [1.54, 1.807) is 6.92 Å². The molecule has 32 heavy (non-hydrogen) atoms. The molecule has 186 valence electrons. The van der Waals surface area contributed by atoms with Crippen molar-refractivity contribution in [2.45, 2.75) is 135 Å². The molecule has 0 heterocycles. The normalized spacial score (nSPS) is 46.7. The van der Waals surface area contributed by atoms with Gasteiger partial charge in [0, 0.05) is 6.10 Å². The van der Waals surface area contributed by atoms with Gasteiger partial charge < -0.3 is 14.6 Å². The molecule has 10 atom stereocenters. The third-order valence-electron chi connectivity index (χ3n) is 11.7. The van der Waals surface area contributed by atoms with Gasteiger partial charge >= 0.3 is 0 Å². The summed E-state index contributed by atoms with van der Waals surface area (Å²) in [5, 5.41) is 21.4. The van der Waals surface area contributed by atoms with Gasteiger partial charge in [-0.1, -0.05) is 27.7 Å². The highest BCUT2D eigenvalue weighted by Crippen LogP contribution is 2.65. The van der Waals surface area contributed by atoms with Crippen LogP contribution < -0.4 is 0 Å². The Morgan fingerprint density at radius 3 is 2.19 bits per heavy atom. The molecule has 0 aromatic carbocycles. The minimum atomic E-state index is -1.75. The number of aliphatic hydroxyl groups excluding tert-OH is 1. The first-order valence-electron chi connectivity index (χ1n) is 13.8. The van der Waals surface area contributed by atoms with Crippen LogP contribution >= 0.6 is 0 Å². The summed E-state index contributed by atoms with van der Waals surface area (Å²) in [7, 11) is -1.75. The minimum Gasteiger partial charge on any atom is -0.414 e. The van der Waals surface area contributed by atoms with E-state index >= 15 is 0 Å². The monoisotopic (exact) mass is 464 g/mol. The van der Waals surface area contributed by atoms with Crippen LogP contribution in [0.1, 0.15) is 99.3 Å². The van der Waals surface area contributed by atoms with E-state index in [4.69, 9.17) is 4.43 Å². The Bertz CT molecular complexity index is 685. The van der Waals surface area contributed by atoms with Gasteiger partial charge in [0.15, 0.2) is 8.32 Å². The molecule has 4 rings (SSSR count). The maximum atomic E-state index is 11.0. The minimum absolute atomic E-state index is 0.269. The van der Waals surface area contributed by atoms with Crippen LogP contribution in [0.2, 0.25) is 18.1 Å². The molecule has 4 saturated carbocycles. The van der Waals surface area contributed by atoms with Crippen molar-refractivity contribution in [3.63, 3.8) is 0 Å². The van der Waals surface area contributed by atoms with Crippen molar-refractivity contribution in [2.24, 2.45) is 40.9 Å². The van der Waals surface area contributed by atoms with E-state index in [-0.39, 0.29) is 5.04 Å². The summed E-state index contributed by atoms with van der Waals surface area (Å²) in [4.78, 5) is 0. The Morgan fingerprint density at radius 2 is 1.56 bits per heavy atom. The Hall–Kier alpha value is 0.0969. The molecule has 4 aliphatic carbocycles. The van der Waals surface area contributed by atoms with E-state index in [0.29, 0.717) is 23.4 Å². The van der Waals surface area contributed by atoms with E-state index in [1.807, 2.05) is 0 Å². The molecular weight excluding hydrogens is 412 g/mol. The third-order valence-corrected chi connectivity index (χ3v) is 16.3. The molecule has 0 spiro atoms. The van der Waals surface area contributed by atoms with Crippen LogP contribution in [0.15, 0.2) is 0 Å². The number of hydrogen-bond donors (Lipinski definition) is 2. The first kappa shape index (κ1) is 25.2. The molecule has 2 N–H and O–H groups in total. The fourth-order valence-corrected chi connectivity index (χ4v) is 10.3. The second kappa shape index (κ2) is 8.35. The fourth-order valence-electron chi connectivity index (χ4n) is 8.82. The average Bonchev–Trinajstić information content (AvgIpc) is 3.03.